The molecule has 1 N–H and O–H groups in total. The lowest BCUT2D eigenvalue weighted by molar-refractivity contribution is 0.0697. The maximum Gasteiger partial charge on any atom is 0.337 e. The van der Waals surface area contributed by atoms with E-state index in [1.54, 1.807) is 31.3 Å². The van der Waals surface area contributed by atoms with Crippen molar-refractivity contribution in [2.24, 2.45) is 7.05 Å². The monoisotopic (exact) mass is 259 g/mol. The first kappa shape index (κ1) is 12.8. The van der Waals surface area contributed by atoms with E-state index in [9.17, 15) is 9.59 Å². The van der Waals surface area contributed by atoms with E-state index < -0.39 is 5.97 Å². The smallest absolute Gasteiger partial charge is 0.337 e. The summed E-state index contributed by atoms with van der Waals surface area (Å²) in [5, 5.41) is 13.1. The molecule has 98 valence electrons. The summed E-state index contributed by atoms with van der Waals surface area (Å²) in [6, 6.07) is 7.95. The van der Waals surface area contributed by atoms with Crippen LogP contribution in [0.15, 0.2) is 36.5 Å². The standard InChI is InChI=1S/C13H13N3O3/c1-15(12(17)11-7-8-14-16(11)2)10-6-4-3-5-9(10)13(18)19/h3-8H,1-2H3,(H,18,19). The van der Waals surface area contributed by atoms with E-state index in [2.05, 4.69) is 5.10 Å². The number of para-hydroxylation sites is 1. The van der Waals surface area contributed by atoms with Crippen molar-refractivity contribution in [3.05, 3.63) is 47.8 Å². The molecule has 1 amide bonds. The van der Waals surface area contributed by atoms with Gasteiger partial charge in [-0.1, -0.05) is 12.1 Å². The van der Waals surface area contributed by atoms with Gasteiger partial charge in [0, 0.05) is 20.3 Å². The maximum atomic E-state index is 12.3. The molecule has 0 radical (unpaired) electrons. The number of aromatic carboxylic acids is 1. The van der Waals surface area contributed by atoms with Crippen LogP contribution in [0.4, 0.5) is 5.69 Å². The lowest BCUT2D eigenvalue weighted by Gasteiger charge is -2.19. The number of nitrogens with zero attached hydrogens (tertiary/aromatic N) is 3. The van der Waals surface area contributed by atoms with Crippen molar-refractivity contribution in [3.8, 4) is 0 Å². The van der Waals surface area contributed by atoms with Crippen LogP contribution in [0.1, 0.15) is 20.8 Å². The number of hydrogen-bond acceptors (Lipinski definition) is 3. The van der Waals surface area contributed by atoms with Crippen molar-refractivity contribution < 1.29 is 14.7 Å². The molecule has 0 saturated carbocycles. The predicted octanol–water partition coefficient (Wildman–Crippen LogP) is 1.39. The number of carboxylic acids is 1. The second-order valence-corrected chi connectivity index (χ2v) is 4.03. The highest BCUT2D eigenvalue weighted by Crippen LogP contribution is 2.20. The average molecular weight is 259 g/mol. The molecule has 1 aromatic carbocycles. The van der Waals surface area contributed by atoms with Gasteiger partial charge in [0.15, 0.2) is 0 Å². The topological polar surface area (TPSA) is 75.4 Å². The van der Waals surface area contributed by atoms with Crippen LogP contribution in [0.2, 0.25) is 0 Å². The Balaban J connectivity index is 2.40. The largest absolute Gasteiger partial charge is 0.478 e. The number of benzene rings is 1. The van der Waals surface area contributed by atoms with Crippen molar-refractivity contribution in [3.63, 3.8) is 0 Å². The minimum Gasteiger partial charge on any atom is -0.478 e. The van der Waals surface area contributed by atoms with Gasteiger partial charge >= 0.3 is 5.97 Å². The molecule has 2 aromatic rings. The van der Waals surface area contributed by atoms with Crippen LogP contribution < -0.4 is 4.90 Å². The summed E-state index contributed by atoms with van der Waals surface area (Å²) < 4.78 is 1.45. The fourth-order valence-electron chi connectivity index (χ4n) is 1.81. The average Bonchev–Trinajstić information content (AvgIpc) is 2.83. The normalized spacial score (nSPS) is 10.2. The van der Waals surface area contributed by atoms with Crippen LogP contribution >= 0.6 is 0 Å². The van der Waals surface area contributed by atoms with E-state index in [1.807, 2.05) is 0 Å². The molecule has 0 unspecified atom stereocenters. The van der Waals surface area contributed by atoms with Gasteiger partial charge in [-0.05, 0) is 18.2 Å². The van der Waals surface area contributed by atoms with Gasteiger partial charge in [-0.25, -0.2) is 4.79 Å². The predicted molar refractivity (Wildman–Crippen MR) is 69.3 cm³/mol. The van der Waals surface area contributed by atoms with Gasteiger partial charge in [0.1, 0.15) is 5.69 Å². The summed E-state index contributed by atoms with van der Waals surface area (Å²) in [5.74, 6) is -1.38. The summed E-state index contributed by atoms with van der Waals surface area (Å²) in [7, 11) is 3.20. The molecule has 1 aromatic heterocycles. The minimum absolute atomic E-state index is 0.0838. The molecule has 0 bridgehead atoms. The highest BCUT2D eigenvalue weighted by molar-refractivity contribution is 6.08. The molecule has 1 heterocycles. The number of amides is 1. The molecular weight excluding hydrogens is 246 g/mol. The Hall–Kier alpha value is -2.63. The van der Waals surface area contributed by atoms with Crippen LogP contribution in [-0.4, -0.2) is 33.8 Å². The molecule has 0 spiro atoms. The first-order valence-electron chi connectivity index (χ1n) is 5.60. The quantitative estimate of drug-likeness (QED) is 0.903. The van der Waals surface area contributed by atoms with E-state index in [1.165, 1.54) is 28.9 Å². The molecule has 0 atom stereocenters. The van der Waals surface area contributed by atoms with E-state index in [-0.39, 0.29) is 11.5 Å². The Morgan fingerprint density at radius 1 is 1.26 bits per heavy atom. The number of aryl methyl sites for hydroxylation is 1. The third-order valence-corrected chi connectivity index (χ3v) is 2.84. The van der Waals surface area contributed by atoms with Gasteiger partial charge in [-0.2, -0.15) is 5.10 Å². The van der Waals surface area contributed by atoms with Crippen molar-refractivity contribution >= 4 is 17.6 Å². The highest BCUT2D eigenvalue weighted by Gasteiger charge is 2.20. The fraction of sp³-hybridized carbons (Fsp3) is 0.154. The second-order valence-electron chi connectivity index (χ2n) is 4.03. The van der Waals surface area contributed by atoms with Gasteiger partial charge in [0.25, 0.3) is 5.91 Å². The van der Waals surface area contributed by atoms with Crippen molar-refractivity contribution in [1.29, 1.82) is 0 Å². The Morgan fingerprint density at radius 3 is 2.53 bits per heavy atom. The molecule has 0 aliphatic rings. The summed E-state index contributed by atoms with van der Waals surface area (Å²) in [4.78, 5) is 24.7. The summed E-state index contributed by atoms with van der Waals surface area (Å²) in [6.45, 7) is 0. The van der Waals surface area contributed by atoms with Gasteiger partial charge in [0.2, 0.25) is 0 Å². The number of carbonyl (C=O) groups excluding carboxylic acids is 1. The molecule has 2 rings (SSSR count). The van der Waals surface area contributed by atoms with Crippen LogP contribution in [0.5, 0.6) is 0 Å². The molecular formula is C13H13N3O3. The molecule has 0 aliphatic heterocycles. The summed E-state index contributed by atoms with van der Waals surface area (Å²) >= 11 is 0. The zero-order chi connectivity index (χ0) is 14.0. The summed E-state index contributed by atoms with van der Waals surface area (Å²) in [6.07, 6.45) is 1.52. The third kappa shape index (κ3) is 2.33. The second kappa shape index (κ2) is 4.93. The number of rotatable bonds is 3. The Bertz CT molecular complexity index is 634. The van der Waals surface area contributed by atoms with Crippen LogP contribution in [0, 0.1) is 0 Å². The Kier molecular flexibility index (Phi) is 3.33. The van der Waals surface area contributed by atoms with Crippen LogP contribution in [0.25, 0.3) is 0 Å². The van der Waals surface area contributed by atoms with Gasteiger partial charge in [-0.3, -0.25) is 9.48 Å². The SMILES string of the molecule is CN(C(=O)c1ccnn1C)c1ccccc1C(=O)O. The number of aromatic nitrogens is 2. The first-order valence-corrected chi connectivity index (χ1v) is 5.60. The van der Waals surface area contributed by atoms with Gasteiger partial charge < -0.3 is 10.0 Å². The molecule has 6 nitrogen and oxygen atoms in total. The first-order chi connectivity index (χ1) is 9.02. The molecule has 0 saturated heterocycles. The van der Waals surface area contributed by atoms with Gasteiger partial charge in [-0.15, -0.1) is 0 Å². The molecule has 19 heavy (non-hydrogen) atoms. The van der Waals surface area contributed by atoms with Gasteiger partial charge in [0.05, 0.1) is 11.3 Å². The number of carboxylic acid groups (broad SMARTS) is 1. The number of anilines is 1. The van der Waals surface area contributed by atoms with Crippen LogP contribution in [0.3, 0.4) is 0 Å². The zero-order valence-corrected chi connectivity index (χ0v) is 10.6. The number of hydrogen-bond donors (Lipinski definition) is 1. The van der Waals surface area contributed by atoms with E-state index in [0.717, 1.165) is 0 Å². The number of carbonyl (C=O) groups is 2. The van der Waals surface area contributed by atoms with E-state index in [4.69, 9.17) is 5.11 Å². The highest BCUT2D eigenvalue weighted by atomic mass is 16.4. The van der Waals surface area contributed by atoms with E-state index >= 15 is 0 Å². The summed E-state index contributed by atoms with van der Waals surface area (Å²) in [5.41, 5.74) is 0.824. The zero-order valence-electron chi connectivity index (χ0n) is 10.6. The molecule has 6 heteroatoms. The van der Waals surface area contributed by atoms with Crippen molar-refractivity contribution in [2.75, 3.05) is 11.9 Å². The lowest BCUT2D eigenvalue weighted by atomic mass is 10.1. The van der Waals surface area contributed by atoms with Crippen molar-refractivity contribution in [1.82, 2.24) is 9.78 Å². The minimum atomic E-state index is -1.07. The van der Waals surface area contributed by atoms with E-state index in [0.29, 0.717) is 11.4 Å². The maximum absolute atomic E-state index is 12.3. The van der Waals surface area contributed by atoms with Crippen molar-refractivity contribution in [2.45, 2.75) is 0 Å². The third-order valence-electron chi connectivity index (χ3n) is 2.84. The Labute approximate surface area is 109 Å². The lowest BCUT2D eigenvalue weighted by Crippen LogP contribution is -2.29. The molecule has 0 fully saturated rings. The fourth-order valence-corrected chi connectivity index (χ4v) is 1.81. The van der Waals surface area contributed by atoms with Crippen LogP contribution in [-0.2, 0) is 7.05 Å². The Morgan fingerprint density at radius 2 is 1.95 bits per heavy atom. The molecule has 0 aliphatic carbocycles.